The number of nitrogens with one attached hydrogen (secondary N) is 1. The van der Waals surface area contributed by atoms with Crippen LogP contribution in [0, 0.1) is 12.7 Å². The van der Waals surface area contributed by atoms with Crippen LogP contribution in [0.15, 0.2) is 42.5 Å². The molecule has 0 atom stereocenters. The summed E-state index contributed by atoms with van der Waals surface area (Å²) in [5.74, 6) is -0.133. The lowest BCUT2D eigenvalue weighted by Gasteiger charge is -2.19. The molecule has 0 bridgehead atoms. The summed E-state index contributed by atoms with van der Waals surface area (Å²) in [6.07, 6.45) is 0. The Labute approximate surface area is 126 Å². The predicted octanol–water partition coefficient (Wildman–Crippen LogP) is 3.49. The van der Waals surface area contributed by atoms with E-state index in [0.29, 0.717) is 6.54 Å². The lowest BCUT2D eigenvalue weighted by atomic mass is 10.1. The van der Waals surface area contributed by atoms with E-state index >= 15 is 0 Å². The van der Waals surface area contributed by atoms with Gasteiger partial charge >= 0.3 is 0 Å². The van der Waals surface area contributed by atoms with E-state index in [-0.39, 0.29) is 5.82 Å². The van der Waals surface area contributed by atoms with Gasteiger partial charge in [-0.2, -0.15) is 0 Å². The van der Waals surface area contributed by atoms with Gasteiger partial charge in [0.1, 0.15) is 5.82 Å². The van der Waals surface area contributed by atoms with Crippen molar-refractivity contribution < 1.29 is 4.39 Å². The molecule has 2 aromatic rings. The molecule has 0 aliphatic carbocycles. The van der Waals surface area contributed by atoms with Crippen LogP contribution in [0.2, 0.25) is 0 Å². The molecule has 1 N–H and O–H groups in total. The number of halogens is 1. The van der Waals surface area contributed by atoms with E-state index in [1.165, 1.54) is 11.1 Å². The van der Waals surface area contributed by atoms with E-state index in [2.05, 4.69) is 29.3 Å². The van der Waals surface area contributed by atoms with Gasteiger partial charge < -0.3 is 5.32 Å². The quantitative estimate of drug-likeness (QED) is 0.874. The van der Waals surface area contributed by atoms with E-state index < -0.39 is 0 Å². The Morgan fingerprint density at radius 2 is 1.76 bits per heavy atom. The molecule has 0 aromatic heterocycles. The van der Waals surface area contributed by atoms with Crippen LogP contribution in [-0.4, -0.2) is 19.0 Å². The van der Waals surface area contributed by atoms with Gasteiger partial charge in [0.25, 0.3) is 0 Å². The molecule has 21 heavy (non-hydrogen) atoms. The first-order valence-electron chi connectivity index (χ1n) is 7.25. The fraction of sp³-hybridized carbons (Fsp3) is 0.333. The van der Waals surface area contributed by atoms with Crippen molar-refractivity contribution in [3.8, 4) is 0 Å². The Balaban J connectivity index is 2.07. The summed E-state index contributed by atoms with van der Waals surface area (Å²) in [6.45, 7) is 4.30. The smallest absolute Gasteiger partial charge is 0.127 e. The highest BCUT2D eigenvalue weighted by atomic mass is 19.1. The minimum Gasteiger partial charge on any atom is -0.316 e. The van der Waals surface area contributed by atoms with Crippen LogP contribution < -0.4 is 5.32 Å². The Kier molecular flexibility index (Phi) is 5.48. The molecule has 0 aliphatic heterocycles. The number of hydrogen-bond acceptors (Lipinski definition) is 2. The summed E-state index contributed by atoms with van der Waals surface area (Å²) in [5.41, 5.74) is 4.41. The lowest BCUT2D eigenvalue weighted by Crippen LogP contribution is -2.19. The molecule has 0 aliphatic rings. The maximum absolute atomic E-state index is 13.9. The van der Waals surface area contributed by atoms with E-state index in [0.717, 1.165) is 24.2 Å². The molecule has 0 radical (unpaired) electrons. The first-order chi connectivity index (χ1) is 10.1. The van der Waals surface area contributed by atoms with Crippen LogP contribution in [0.1, 0.15) is 22.3 Å². The van der Waals surface area contributed by atoms with Crippen molar-refractivity contribution in [2.75, 3.05) is 14.1 Å². The summed E-state index contributed by atoms with van der Waals surface area (Å²) >= 11 is 0. The molecule has 2 rings (SSSR count). The zero-order valence-electron chi connectivity index (χ0n) is 13.0. The minimum atomic E-state index is -0.133. The van der Waals surface area contributed by atoms with Gasteiger partial charge in [-0.1, -0.05) is 36.4 Å². The number of nitrogens with zero attached hydrogens (tertiary/aromatic N) is 1. The summed E-state index contributed by atoms with van der Waals surface area (Å²) in [5, 5.41) is 3.10. The molecular formula is C18H23FN2. The van der Waals surface area contributed by atoms with E-state index in [4.69, 9.17) is 0 Å². The van der Waals surface area contributed by atoms with Crippen LogP contribution in [0.3, 0.4) is 0 Å². The summed E-state index contributed by atoms with van der Waals surface area (Å²) in [4.78, 5) is 2.14. The Morgan fingerprint density at radius 1 is 1.05 bits per heavy atom. The third kappa shape index (κ3) is 4.38. The standard InChI is InChI=1S/C18H23FN2/c1-14-6-4-5-7-16(14)12-21(3)13-17-10-15(11-20-2)8-9-18(17)19/h4-10,20H,11-13H2,1-3H3. The molecular weight excluding hydrogens is 263 g/mol. The van der Waals surface area contributed by atoms with Gasteiger partial charge in [-0.15, -0.1) is 0 Å². The Hall–Kier alpha value is -1.71. The van der Waals surface area contributed by atoms with Crippen molar-refractivity contribution in [2.24, 2.45) is 0 Å². The topological polar surface area (TPSA) is 15.3 Å². The van der Waals surface area contributed by atoms with Crippen LogP contribution in [0.5, 0.6) is 0 Å². The zero-order chi connectivity index (χ0) is 15.2. The molecule has 0 unspecified atom stereocenters. The maximum atomic E-state index is 13.9. The predicted molar refractivity (Wildman–Crippen MR) is 85.5 cm³/mol. The number of aryl methyl sites for hydroxylation is 1. The first kappa shape index (κ1) is 15.7. The number of rotatable bonds is 6. The summed E-state index contributed by atoms with van der Waals surface area (Å²) in [7, 11) is 3.92. The molecule has 2 aromatic carbocycles. The van der Waals surface area contributed by atoms with Crippen molar-refractivity contribution in [1.29, 1.82) is 0 Å². The highest BCUT2D eigenvalue weighted by Gasteiger charge is 2.08. The average molecular weight is 286 g/mol. The van der Waals surface area contributed by atoms with Crippen LogP contribution in [0.25, 0.3) is 0 Å². The molecule has 0 spiro atoms. The summed E-state index contributed by atoms with van der Waals surface area (Å²) in [6, 6.07) is 13.7. The normalized spacial score (nSPS) is 11.1. The van der Waals surface area contributed by atoms with E-state index in [1.54, 1.807) is 6.07 Å². The molecule has 112 valence electrons. The molecule has 0 saturated heterocycles. The zero-order valence-corrected chi connectivity index (χ0v) is 13.0. The van der Waals surface area contributed by atoms with Crippen molar-refractivity contribution in [3.05, 3.63) is 70.5 Å². The summed E-state index contributed by atoms with van der Waals surface area (Å²) < 4.78 is 13.9. The van der Waals surface area contributed by atoms with Crippen molar-refractivity contribution in [1.82, 2.24) is 10.2 Å². The third-order valence-corrected chi connectivity index (χ3v) is 3.63. The largest absolute Gasteiger partial charge is 0.316 e. The second kappa shape index (κ2) is 7.34. The fourth-order valence-electron chi connectivity index (χ4n) is 2.49. The van der Waals surface area contributed by atoms with Gasteiger partial charge in [-0.3, -0.25) is 4.90 Å². The highest BCUT2D eigenvalue weighted by Crippen LogP contribution is 2.15. The second-order valence-corrected chi connectivity index (χ2v) is 5.55. The Bertz CT molecular complexity index is 596. The van der Waals surface area contributed by atoms with Gasteiger partial charge in [0.2, 0.25) is 0 Å². The van der Waals surface area contributed by atoms with Crippen molar-refractivity contribution >= 4 is 0 Å². The first-order valence-corrected chi connectivity index (χ1v) is 7.25. The van der Waals surface area contributed by atoms with Gasteiger partial charge in [-0.25, -0.2) is 4.39 Å². The van der Waals surface area contributed by atoms with Crippen LogP contribution in [-0.2, 0) is 19.6 Å². The van der Waals surface area contributed by atoms with Crippen molar-refractivity contribution in [2.45, 2.75) is 26.6 Å². The number of hydrogen-bond donors (Lipinski definition) is 1. The van der Waals surface area contributed by atoms with Crippen LogP contribution in [0.4, 0.5) is 4.39 Å². The minimum absolute atomic E-state index is 0.133. The van der Waals surface area contributed by atoms with Gasteiger partial charge in [0.15, 0.2) is 0 Å². The van der Waals surface area contributed by atoms with Crippen LogP contribution >= 0.6 is 0 Å². The number of benzene rings is 2. The molecule has 0 amide bonds. The molecule has 3 heteroatoms. The molecule has 2 nitrogen and oxygen atoms in total. The highest BCUT2D eigenvalue weighted by molar-refractivity contribution is 5.27. The third-order valence-electron chi connectivity index (χ3n) is 3.63. The van der Waals surface area contributed by atoms with Crippen molar-refractivity contribution in [3.63, 3.8) is 0 Å². The van der Waals surface area contributed by atoms with Gasteiger partial charge in [-0.05, 0) is 43.8 Å². The maximum Gasteiger partial charge on any atom is 0.127 e. The second-order valence-electron chi connectivity index (χ2n) is 5.55. The SMILES string of the molecule is CNCc1ccc(F)c(CN(C)Cc2ccccc2C)c1. The monoisotopic (exact) mass is 286 g/mol. The Morgan fingerprint density at radius 3 is 2.48 bits per heavy atom. The van der Waals surface area contributed by atoms with Gasteiger partial charge in [0, 0.05) is 25.2 Å². The van der Waals surface area contributed by atoms with E-state index in [9.17, 15) is 4.39 Å². The average Bonchev–Trinajstić information content (AvgIpc) is 2.45. The lowest BCUT2D eigenvalue weighted by molar-refractivity contribution is 0.313. The molecule has 0 heterocycles. The fourth-order valence-corrected chi connectivity index (χ4v) is 2.49. The molecule has 0 fully saturated rings. The molecule has 0 saturated carbocycles. The van der Waals surface area contributed by atoms with E-state index in [1.807, 2.05) is 38.4 Å². The van der Waals surface area contributed by atoms with Gasteiger partial charge in [0.05, 0.1) is 0 Å².